The lowest BCUT2D eigenvalue weighted by molar-refractivity contribution is 1.12. The second-order valence-electron chi connectivity index (χ2n) is 4.40. The highest BCUT2D eigenvalue weighted by molar-refractivity contribution is 6.24. The SMILES string of the molecule is ClNc1nc(-c2ccc3cn[nH]c3c2)cn2ccnc12. The molecule has 2 N–H and O–H groups in total. The highest BCUT2D eigenvalue weighted by Gasteiger charge is 2.09. The average molecular weight is 285 g/mol. The fourth-order valence-corrected chi connectivity index (χ4v) is 2.36. The van der Waals surface area contributed by atoms with E-state index in [0.717, 1.165) is 22.2 Å². The number of rotatable bonds is 2. The molecule has 0 radical (unpaired) electrons. The number of fused-ring (bicyclic) bond motifs is 2. The Labute approximate surface area is 118 Å². The van der Waals surface area contributed by atoms with Crippen LogP contribution in [0.4, 0.5) is 5.82 Å². The fraction of sp³-hybridized carbons (Fsp3) is 0. The molecule has 0 aliphatic carbocycles. The maximum absolute atomic E-state index is 5.72. The molecular weight excluding hydrogens is 276 g/mol. The van der Waals surface area contributed by atoms with Crippen molar-refractivity contribution in [2.24, 2.45) is 0 Å². The van der Waals surface area contributed by atoms with E-state index in [9.17, 15) is 0 Å². The minimum Gasteiger partial charge on any atom is -0.302 e. The summed E-state index contributed by atoms with van der Waals surface area (Å²) < 4.78 is 1.88. The Hall–Kier alpha value is -2.60. The highest BCUT2D eigenvalue weighted by Crippen LogP contribution is 2.24. The number of anilines is 1. The van der Waals surface area contributed by atoms with Crippen LogP contribution in [0.3, 0.4) is 0 Å². The van der Waals surface area contributed by atoms with E-state index < -0.39 is 0 Å². The summed E-state index contributed by atoms with van der Waals surface area (Å²) in [6, 6.07) is 6.01. The highest BCUT2D eigenvalue weighted by atomic mass is 35.5. The molecule has 20 heavy (non-hydrogen) atoms. The number of aromatic nitrogens is 5. The van der Waals surface area contributed by atoms with Crippen LogP contribution >= 0.6 is 11.8 Å². The molecule has 0 fully saturated rings. The Morgan fingerprint density at radius 3 is 3.15 bits per heavy atom. The Morgan fingerprint density at radius 1 is 1.30 bits per heavy atom. The maximum atomic E-state index is 5.72. The summed E-state index contributed by atoms with van der Waals surface area (Å²) in [7, 11) is 0. The number of nitrogens with zero attached hydrogens (tertiary/aromatic N) is 4. The van der Waals surface area contributed by atoms with E-state index in [-0.39, 0.29) is 0 Å². The molecule has 7 heteroatoms. The molecule has 0 spiro atoms. The van der Waals surface area contributed by atoms with Crippen LogP contribution in [0.25, 0.3) is 27.8 Å². The topological polar surface area (TPSA) is 70.9 Å². The predicted molar refractivity (Wildman–Crippen MR) is 77.6 cm³/mol. The van der Waals surface area contributed by atoms with Crippen LogP contribution in [-0.4, -0.2) is 24.6 Å². The van der Waals surface area contributed by atoms with Gasteiger partial charge in [-0.05, 0) is 6.07 Å². The first-order valence-electron chi connectivity index (χ1n) is 5.99. The molecule has 3 heterocycles. The molecule has 4 rings (SSSR count). The van der Waals surface area contributed by atoms with Crippen LogP contribution < -0.4 is 4.84 Å². The van der Waals surface area contributed by atoms with E-state index in [0.29, 0.717) is 11.5 Å². The molecule has 1 aromatic carbocycles. The van der Waals surface area contributed by atoms with Gasteiger partial charge in [0.25, 0.3) is 0 Å². The molecule has 0 aliphatic rings. The summed E-state index contributed by atoms with van der Waals surface area (Å²) >= 11 is 5.72. The summed E-state index contributed by atoms with van der Waals surface area (Å²) in [5, 5.41) is 8.03. The van der Waals surface area contributed by atoms with Gasteiger partial charge in [0.15, 0.2) is 11.5 Å². The summed E-state index contributed by atoms with van der Waals surface area (Å²) in [6.45, 7) is 0. The van der Waals surface area contributed by atoms with Gasteiger partial charge >= 0.3 is 0 Å². The van der Waals surface area contributed by atoms with Crippen molar-refractivity contribution in [3.8, 4) is 11.3 Å². The number of nitrogens with one attached hydrogen (secondary N) is 2. The van der Waals surface area contributed by atoms with Gasteiger partial charge in [-0.2, -0.15) is 5.10 Å². The molecule has 0 aliphatic heterocycles. The molecule has 0 unspecified atom stereocenters. The Morgan fingerprint density at radius 2 is 2.25 bits per heavy atom. The van der Waals surface area contributed by atoms with Crippen molar-refractivity contribution in [2.45, 2.75) is 0 Å². The molecule has 3 aromatic heterocycles. The Bertz CT molecular complexity index is 909. The Balaban J connectivity index is 1.95. The average Bonchev–Trinajstić information content (AvgIpc) is 3.13. The summed E-state index contributed by atoms with van der Waals surface area (Å²) in [6.07, 6.45) is 7.26. The number of hydrogen-bond donors (Lipinski definition) is 2. The van der Waals surface area contributed by atoms with Crippen molar-refractivity contribution < 1.29 is 0 Å². The normalized spacial score (nSPS) is 11.2. The van der Waals surface area contributed by atoms with Crippen LogP contribution in [0.2, 0.25) is 0 Å². The van der Waals surface area contributed by atoms with Gasteiger partial charge in [0.1, 0.15) is 0 Å². The quantitative estimate of drug-likeness (QED) is 0.555. The third-order valence-electron chi connectivity index (χ3n) is 3.20. The van der Waals surface area contributed by atoms with Crippen LogP contribution in [0.1, 0.15) is 0 Å². The molecule has 0 bridgehead atoms. The molecule has 6 nitrogen and oxygen atoms in total. The van der Waals surface area contributed by atoms with E-state index in [1.165, 1.54) is 0 Å². The monoisotopic (exact) mass is 284 g/mol. The smallest absolute Gasteiger partial charge is 0.185 e. The van der Waals surface area contributed by atoms with E-state index in [1.54, 1.807) is 12.4 Å². The zero-order valence-electron chi connectivity index (χ0n) is 10.2. The summed E-state index contributed by atoms with van der Waals surface area (Å²) in [5.41, 5.74) is 3.43. The van der Waals surface area contributed by atoms with Crippen molar-refractivity contribution in [3.63, 3.8) is 0 Å². The first-order chi connectivity index (χ1) is 9.85. The number of aromatic amines is 1. The molecule has 98 valence electrons. The van der Waals surface area contributed by atoms with Gasteiger partial charge in [-0.1, -0.05) is 12.1 Å². The number of H-pyrrole nitrogens is 1. The van der Waals surface area contributed by atoms with E-state index in [1.807, 2.05) is 35.0 Å². The minimum atomic E-state index is 0.527. The number of imidazole rings is 1. The van der Waals surface area contributed by atoms with Crippen LogP contribution in [0.15, 0.2) is 43.0 Å². The lowest BCUT2D eigenvalue weighted by Gasteiger charge is -2.06. The molecule has 4 aromatic rings. The van der Waals surface area contributed by atoms with E-state index in [4.69, 9.17) is 11.8 Å². The summed E-state index contributed by atoms with van der Waals surface area (Å²) in [5.74, 6) is 0.527. The molecule has 0 saturated carbocycles. The van der Waals surface area contributed by atoms with Crippen LogP contribution in [0, 0.1) is 0 Å². The molecular formula is C13H9ClN6. The number of hydrogen-bond acceptors (Lipinski definition) is 4. The molecule has 0 amide bonds. The fourth-order valence-electron chi connectivity index (χ4n) is 2.23. The van der Waals surface area contributed by atoms with Gasteiger partial charge in [0, 0.05) is 41.3 Å². The number of benzene rings is 1. The zero-order valence-corrected chi connectivity index (χ0v) is 11.0. The number of halogens is 1. The van der Waals surface area contributed by atoms with Gasteiger partial charge in [-0.3, -0.25) is 9.93 Å². The van der Waals surface area contributed by atoms with Crippen molar-refractivity contribution >= 4 is 34.1 Å². The Kier molecular flexibility index (Phi) is 2.37. The van der Waals surface area contributed by atoms with Crippen molar-refractivity contribution in [3.05, 3.63) is 43.0 Å². The maximum Gasteiger partial charge on any atom is 0.185 e. The first-order valence-corrected chi connectivity index (χ1v) is 6.37. The van der Waals surface area contributed by atoms with Gasteiger partial charge in [-0.25, -0.2) is 9.97 Å². The third kappa shape index (κ3) is 1.62. The largest absolute Gasteiger partial charge is 0.302 e. The van der Waals surface area contributed by atoms with Crippen molar-refractivity contribution in [1.29, 1.82) is 0 Å². The third-order valence-corrected chi connectivity index (χ3v) is 3.38. The lowest BCUT2D eigenvalue weighted by atomic mass is 10.1. The predicted octanol–water partition coefficient (Wildman–Crippen LogP) is 2.84. The van der Waals surface area contributed by atoms with Crippen molar-refractivity contribution in [1.82, 2.24) is 24.6 Å². The van der Waals surface area contributed by atoms with Gasteiger partial charge in [0.2, 0.25) is 0 Å². The summed E-state index contributed by atoms with van der Waals surface area (Å²) in [4.78, 5) is 11.3. The zero-order chi connectivity index (χ0) is 13.5. The van der Waals surface area contributed by atoms with Gasteiger partial charge in [-0.15, -0.1) is 0 Å². The molecule has 0 atom stereocenters. The van der Waals surface area contributed by atoms with E-state index in [2.05, 4.69) is 25.0 Å². The second kappa shape index (κ2) is 4.21. The standard InChI is InChI=1S/C13H9ClN6/c14-18-12-13-15-3-4-20(13)7-11(17-12)8-1-2-9-6-16-19-10(9)5-8/h1-7H,(H,16,19)(H,17,18). The van der Waals surface area contributed by atoms with Crippen LogP contribution in [-0.2, 0) is 0 Å². The second-order valence-corrected chi connectivity index (χ2v) is 4.59. The van der Waals surface area contributed by atoms with Crippen LogP contribution in [0.5, 0.6) is 0 Å². The molecule has 0 saturated heterocycles. The first kappa shape index (κ1) is 11.2. The van der Waals surface area contributed by atoms with E-state index >= 15 is 0 Å². The van der Waals surface area contributed by atoms with Gasteiger partial charge < -0.3 is 4.40 Å². The minimum absolute atomic E-state index is 0.527. The van der Waals surface area contributed by atoms with Crippen molar-refractivity contribution in [2.75, 3.05) is 4.84 Å². The van der Waals surface area contributed by atoms with Gasteiger partial charge in [0.05, 0.1) is 17.4 Å². The lowest BCUT2D eigenvalue weighted by Crippen LogP contribution is -1.96.